The van der Waals surface area contributed by atoms with E-state index in [4.69, 9.17) is 16.9 Å². The minimum Gasteiger partial charge on any atom is -0.325 e. The van der Waals surface area contributed by atoms with Crippen LogP contribution in [0, 0.1) is 11.3 Å². The Labute approximate surface area is 186 Å². The molecule has 0 radical (unpaired) electrons. The summed E-state index contributed by atoms with van der Waals surface area (Å²) in [5.74, 6) is 1.14. The maximum atomic E-state index is 12.2. The SMILES string of the molecule is N#CC1CSCN1C(=O)CNNC1CCC(NCC(=O)Nc2ccc(Cl)cc2)CC1. The highest BCUT2D eigenvalue weighted by Crippen LogP contribution is 2.20. The molecule has 1 heterocycles. The summed E-state index contributed by atoms with van der Waals surface area (Å²) in [5, 5.41) is 15.9. The van der Waals surface area contributed by atoms with Crippen molar-refractivity contribution in [2.45, 2.75) is 43.8 Å². The van der Waals surface area contributed by atoms with E-state index in [-0.39, 0.29) is 30.9 Å². The Balaban J connectivity index is 1.27. The number of hydrogen-bond acceptors (Lipinski definition) is 7. The van der Waals surface area contributed by atoms with Gasteiger partial charge in [0.1, 0.15) is 6.04 Å². The number of thioether (sulfide) groups is 1. The molecule has 4 N–H and O–H groups in total. The van der Waals surface area contributed by atoms with Crippen LogP contribution in [0.4, 0.5) is 5.69 Å². The highest BCUT2D eigenvalue weighted by atomic mass is 35.5. The molecule has 1 aromatic rings. The van der Waals surface area contributed by atoms with Gasteiger partial charge in [-0.2, -0.15) is 5.26 Å². The van der Waals surface area contributed by atoms with Crippen LogP contribution < -0.4 is 21.5 Å². The average molecular weight is 451 g/mol. The van der Waals surface area contributed by atoms with Crippen molar-refractivity contribution in [2.24, 2.45) is 0 Å². The summed E-state index contributed by atoms with van der Waals surface area (Å²) in [4.78, 5) is 25.9. The average Bonchev–Trinajstić information content (AvgIpc) is 3.24. The maximum Gasteiger partial charge on any atom is 0.239 e. The van der Waals surface area contributed by atoms with Crippen molar-refractivity contribution in [3.8, 4) is 6.07 Å². The molecule has 2 amide bonds. The zero-order valence-electron chi connectivity index (χ0n) is 16.7. The maximum absolute atomic E-state index is 12.2. The van der Waals surface area contributed by atoms with Crippen molar-refractivity contribution in [3.63, 3.8) is 0 Å². The first-order valence-corrected chi connectivity index (χ1v) is 11.6. The molecule has 162 valence electrons. The number of anilines is 1. The normalized spacial score (nSPS) is 23.7. The number of halogens is 1. The van der Waals surface area contributed by atoms with E-state index in [1.165, 1.54) is 0 Å². The highest BCUT2D eigenvalue weighted by molar-refractivity contribution is 7.99. The number of carbonyl (C=O) groups excluding carboxylic acids is 2. The van der Waals surface area contributed by atoms with E-state index in [1.54, 1.807) is 40.9 Å². The topological polar surface area (TPSA) is 109 Å². The zero-order chi connectivity index (χ0) is 21.3. The third-order valence-corrected chi connectivity index (χ3v) is 6.57. The molecule has 1 aliphatic heterocycles. The molecule has 8 nitrogen and oxygen atoms in total. The van der Waals surface area contributed by atoms with Gasteiger partial charge >= 0.3 is 0 Å². The van der Waals surface area contributed by atoms with Crippen LogP contribution in [0.1, 0.15) is 25.7 Å². The Morgan fingerprint density at radius 2 is 1.83 bits per heavy atom. The lowest BCUT2D eigenvalue weighted by molar-refractivity contribution is -0.130. The molecule has 0 aromatic heterocycles. The van der Waals surface area contributed by atoms with Gasteiger partial charge in [-0.3, -0.25) is 15.0 Å². The lowest BCUT2D eigenvalue weighted by Crippen LogP contribution is -2.50. The number of carbonyl (C=O) groups is 2. The van der Waals surface area contributed by atoms with Crippen molar-refractivity contribution in [3.05, 3.63) is 29.3 Å². The molecule has 30 heavy (non-hydrogen) atoms. The number of rotatable bonds is 8. The molecule has 10 heteroatoms. The second-order valence-corrected chi connectivity index (χ2v) is 8.93. The lowest BCUT2D eigenvalue weighted by Gasteiger charge is -2.30. The number of benzene rings is 1. The van der Waals surface area contributed by atoms with Crippen LogP contribution in [0.25, 0.3) is 0 Å². The van der Waals surface area contributed by atoms with Crippen molar-refractivity contribution in [1.29, 1.82) is 5.26 Å². The summed E-state index contributed by atoms with van der Waals surface area (Å²) in [5.41, 5.74) is 6.98. The smallest absolute Gasteiger partial charge is 0.239 e. The van der Waals surface area contributed by atoms with Gasteiger partial charge in [0, 0.05) is 28.5 Å². The first-order chi connectivity index (χ1) is 14.5. The Bertz CT molecular complexity index is 764. The summed E-state index contributed by atoms with van der Waals surface area (Å²) in [6, 6.07) is 9.48. The third-order valence-electron chi connectivity index (χ3n) is 5.30. The standard InChI is InChI=1S/C20H27ClN6O2S/c21-14-1-3-16(4-2-14)25-19(28)10-23-15-5-7-17(8-6-15)26-24-11-20(29)27-13-30-12-18(27)9-22/h1-4,15,17-18,23-24,26H,5-8,10-13H2,(H,25,28). The van der Waals surface area contributed by atoms with E-state index in [2.05, 4.69) is 27.6 Å². The minimum atomic E-state index is -0.317. The number of nitriles is 1. The summed E-state index contributed by atoms with van der Waals surface area (Å²) in [6.45, 7) is 0.452. The van der Waals surface area contributed by atoms with Crippen LogP contribution in [0.5, 0.6) is 0 Å². The summed E-state index contributed by atoms with van der Waals surface area (Å²) >= 11 is 7.45. The molecular formula is C20H27ClN6O2S. The van der Waals surface area contributed by atoms with Crippen LogP contribution in [0.3, 0.4) is 0 Å². The molecular weight excluding hydrogens is 424 g/mol. The lowest BCUT2D eigenvalue weighted by atomic mass is 9.91. The fourth-order valence-corrected chi connectivity index (χ4v) is 4.82. The Kier molecular flexibility index (Phi) is 8.78. The molecule has 1 saturated heterocycles. The molecule has 1 aliphatic carbocycles. The highest BCUT2D eigenvalue weighted by Gasteiger charge is 2.29. The van der Waals surface area contributed by atoms with Gasteiger partial charge in [0.15, 0.2) is 0 Å². The molecule has 2 fully saturated rings. The molecule has 2 aliphatic rings. The van der Waals surface area contributed by atoms with E-state index in [0.717, 1.165) is 31.4 Å². The van der Waals surface area contributed by atoms with E-state index >= 15 is 0 Å². The van der Waals surface area contributed by atoms with E-state index in [9.17, 15) is 9.59 Å². The summed E-state index contributed by atoms with van der Waals surface area (Å²) in [6.07, 6.45) is 3.83. The summed E-state index contributed by atoms with van der Waals surface area (Å²) < 4.78 is 0. The van der Waals surface area contributed by atoms with Crippen molar-refractivity contribution in [2.75, 3.05) is 30.0 Å². The largest absolute Gasteiger partial charge is 0.325 e. The van der Waals surface area contributed by atoms with E-state index in [0.29, 0.717) is 28.7 Å². The quantitative estimate of drug-likeness (QED) is 0.446. The van der Waals surface area contributed by atoms with Gasteiger partial charge in [0.2, 0.25) is 11.8 Å². The Hall–Kier alpha value is -1.83. The van der Waals surface area contributed by atoms with Crippen molar-refractivity contribution >= 4 is 40.9 Å². The van der Waals surface area contributed by atoms with Gasteiger partial charge in [-0.1, -0.05) is 11.6 Å². The number of hydrazine groups is 1. The first kappa shape index (κ1) is 22.8. The Morgan fingerprint density at radius 3 is 2.53 bits per heavy atom. The van der Waals surface area contributed by atoms with Crippen LogP contribution in [-0.2, 0) is 9.59 Å². The van der Waals surface area contributed by atoms with Gasteiger partial charge in [-0.15, -0.1) is 11.8 Å². The number of nitrogens with one attached hydrogen (secondary N) is 4. The first-order valence-electron chi connectivity index (χ1n) is 10.1. The molecule has 1 atom stereocenters. The minimum absolute atomic E-state index is 0.0545. The Morgan fingerprint density at radius 1 is 1.13 bits per heavy atom. The third kappa shape index (κ3) is 6.86. The van der Waals surface area contributed by atoms with Gasteiger partial charge in [0.25, 0.3) is 0 Å². The van der Waals surface area contributed by atoms with Gasteiger partial charge in [-0.05, 0) is 49.9 Å². The fraction of sp³-hybridized carbons (Fsp3) is 0.550. The molecule has 1 saturated carbocycles. The molecule has 1 unspecified atom stereocenters. The number of amides is 2. The molecule has 1 aromatic carbocycles. The van der Waals surface area contributed by atoms with Crippen LogP contribution in [-0.4, -0.2) is 59.6 Å². The number of hydrogen-bond donors (Lipinski definition) is 4. The monoisotopic (exact) mass is 450 g/mol. The predicted molar refractivity (Wildman–Crippen MR) is 119 cm³/mol. The second kappa shape index (κ2) is 11.5. The van der Waals surface area contributed by atoms with Crippen LogP contribution in [0.15, 0.2) is 24.3 Å². The van der Waals surface area contributed by atoms with Gasteiger partial charge in [0.05, 0.1) is 25.0 Å². The van der Waals surface area contributed by atoms with Gasteiger partial charge < -0.3 is 15.5 Å². The van der Waals surface area contributed by atoms with Crippen LogP contribution in [0.2, 0.25) is 5.02 Å². The predicted octanol–water partition coefficient (Wildman–Crippen LogP) is 1.70. The summed E-state index contributed by atoms with van der Waals surface area (Å²) in [7, 11) is 0. The zero-order valence-corrected chi connectivity index (χ0v) is 18.3. The fourth-order valence-electron chi connectivity index (χ4n) is 3.59. The van der Waals surface area contributed by atoms with E-state index in [1.807, 2.05) is 0 Å². The van der Waals surface area contributed by atoms with Crippen molar-refractivity contribution in [1.82, 2.24) is 21.1 Å². The molecule has 0 bridgehead atoms. The number of nitrogens with zero attached hydrogens (tertiary/aromatic N) is 2. The van der Waals surface area contributed by atoms with Gasteiger partial charge in [-0.25, -0.2) is 5.43 Å². The molecule has 3 rings (SSSR count). The van der Waals surface area contributed by atoms with E-state index < -0.39 is 0 Å². The second-order valence-electron chi connectivity index (χ2n) is 7.49. The molecule has 0 spiro atoms. The van der Waals surface area contributed by atoms with Crippen LogP contribution >= 0.6 is 23.4 Å². The van der Waals surface area contributed by atoms with Crippen molar-refractivity contribution < 1.29 is 9.59 Å².